The van der Waals surface area contributed by atoms with Crippen LogP contribution in [0.2, 0.25) is 0 Å². The number of aromatic amines is 1. The van der Waals surface area contributed by atoms with Gasteiger partial charge in [0.15, 0.2) is 0 Å². The molecule has 41 heavy (non-hydrogen) atoms. The molecule has 2 N–H and O–H groups in total. The number of piperazine rings is 1. The number of alkyl halides is 2. The van der Waals surface area contributed by atoms with E-state index < -0.39 is 29.3 Å². The van der Waals surface area contributed by atoms with Crippen molar-refractivity contribution in [2.45, 2.75) is 38.3 Å². The highest BCUT2D eigenvalue weighted by Gasteiger charge is 2.26. The summed E-state index contributed by atoms with van der Waals surface area (Å²) in [4.78, 5) is 35.6. The van der Waals surface area contributed by atoms with E-state index >= 15 is 4.39 Å². The smallest absolute Gasteiger partial charge is 0.264 e. The molecular formula is C29H32F3N5O4. The molecule has 0 unspecified atom stereocenters. The molecule has 218 valence electrons. The Balaban J connectivity index is 1.48. The van der Waals surface area contributed by atoms with E-state index in [1.54, 1.807) is 12.1 Å². The maximum atomic E-state index is 15.6. The molecule has 2 aliphatic heterocycles. The van der Waals surface area contributed by atoms with Crippen LogP contribution in [0.15, 0.2) is 47.5 Å². The zero-order valence-corrected chi connectivity index (χ0v) is 22.8. The van der Waals surface area contributed by atoms with Crippen molar-refractivity contribution >= 4 is 17.3 Å². The summed E-state index contributed by atoms with van der Waals surface area (Å²) in [6, 6.07) is 7.03. The maximum Gasteiger partial charge on any atom is 0.264 e. The van der Waals surface area contributed by atoms with Crippen LogP contribution < -0.4 is 20.5 Å². The zero-order chi connectivity index (χ0) is 29.1. The fraction of sp³-hybridized carbons (Fsp3) is 0.414. The molecule has 12 heteroatoms. The minimum Gasteiger partial charge on any atom is -0.474 e. The molecule has 3 aromatic rings. The van der Waals surface area contributed by atoms with Gasteiger partial charge in [-0.3, -0.25) is 9.59 Å². The predicted molar refractivity (Wildman–Crippen MR) is 148 cm³/mol. The summed E-state index contributed by atoms with van der Waals surface area (Å²) in [5, 5.41) is 2.69. The van der Waals surface area contributed by atoms with Gasteiger partial charge >= 0.3 is 0 Å². The molecule has 5 rings (SSSR count). The first-order chi connectivity index (χ1) is 19.7. The lowest BCUT2D eigenvalue weighted by atomic mass is 10.0. The number of anilines is 2. The number of benzene rings is 1. The molecular weight excluding hydrogens is 539 g/mol. The Bertz CT molecular complexity index is 1440. The molecule has 0 bridgehead atoms. The van der Waals surface area contributed by atoms with Crippen molar-refractivity contribution in [3.63, 3.8) is 0 Å². The normalized spacial score (nSPS) is 18.5. The molecule has 1 aromatic carbocycles. The van der Waals surface area contributed by atoms with Crippen LogP contribution in [0.1, 0.15) is 42.1 Å². The number of ether oxygens (including phenoxy) is 2. The molecule has 0 radical (unpaired) electrons. The largest absolute Gasteiger partial charge is 0.474 e. The number of carbonyl (C=O) groups excluding carboxylic acids is 1. The van der Waals surface area contributed by atoms with Crippen LogP contribution in [0.3, 0.4) is 0 Å². The van der Waals surface area contributed by atoms with E-state index in [9.17, 15) is 18.4 Å². The van der Waals surface area contributed by atoms with Crippen molar-refractivity contribution < 1.29 is 27.4 Å². The monoisotopic (exact) mass is 571 g/mol. The molecule has 0 saturated carbocycles. The molecule has 0 spiro atoms. The summed E-state index contributed by atoms with van der Waals surface area (Å²) in [5.41, 5.74) is -0.510. The predicted octanol–water partition coefficient (Wildman–Crippen LogP) is 4.46. The molecule has 4 heterocycles. The molecule has 2 fully saturated rings. The van der Waals surface area contributed by atoms with E-state index in [0.29, 0.717) is 56.0 Å². The Labute approximate surface area is 235 Å². The van der Waals surface area contributed by atoms with Crippen molar-refractivity contribution in [3.05, 3.63) is 70.0 Å². The molecule has 9 nitrogen and oxygen atoms in total. The van der Waals surface area contributed by atoms with Crippen molar-refractivity contribution in [1.29, 1.82) is 0 Å². The number of H-pyrrole nitrogens is 1. The molecule has 2 aliphatic rings. The highest BCUT2D eigenvalue weighted by atomic mass is 19.3. The van der Waals surface area contributed by atoms with Gasteiger partial charge in [0.25, 0.3) is 12.3 Å². The summed E-state index contributed by atoms with van der Waals surface area (Å²) < 4.78 is 54.2. The summed E-state index contributed by atoms with van der Waals surface area (Å²) >= 11 is 0. The summed E-state index contributed by atoms with van der Waals surface area (Å²) in [7, 11) is 2.00. The van der Waals surface area contributed by atoms with Crippen LogP contribution in [0.5, 0.6) is 5.88 Å². The van der Waals surface area contributed by atoms with Gasteiger partial charge in [-0.05, 0) is 32.2 Å². The number of likely N-dealkylation sites (N-methyl/N-ethyl adjacent to an activating group) is 1. The SMILES string of the molecule is C[C@H]1CN(c2cc(F)c(-c3ccc(OC4CCOCC4)nc3)cc2NC(=O)c2c[nH]c(=O)cc2C(F)F)CCN1C. The van der Waals surface area contributed by atoms with E-state index in [1.165, 1.54) is 18.3 Å². The number of hydrogen-bond acceptors (Lipinski definition) is 7. The second-order valence-corrected chi connectivity index (χ2v) is 10.4. The number of nitrogens with one attached hydrogen (secondary N) is 2. The standard InChI is InChI=1S/C29H32F3N5O4/c1-17-16-37(8-7-36(17)2)25-13-23(30)20(18-3-4-27(34-14-18)41-19-5-9-40-10-6-19)11-24(25)35-29(39)22-15-33-26(38)12-21(22)28(31)32/h3-4,11-15,17,19,28H,5-10,16H2,1-2H3,(H,33,38)(H,35,39)/t17-/m0/s1. The number of halogens is 3. The zero-order valence-electron chi connectivity index (χ0n) is 22.8. The summed E-state index contributed by atoms with van der Waals surface area (Å²) in [6.07, 6.45) is 0.936. The van der Waals surface area contributed by atoms with Gasteiger partial charge in [-0.25, -0.2) is 18.2 Å². The third-order valence-electron chi connectivity index (χ3n) is 7.57. The average Bonchev–Trinajstić information content (AvgIpc) is 2.96. The van der Waals surface area contributed by atoms with E-state index in [-0.39, 0.29) is 29.0 Å². The van der Waals surface area contributed by atoms with Crippen LogP contribution in [0, 0.1) is 5.82 Å². The fourth-order valence-corrected chi connectivity index (χ4v) is 5.04. The first-order valence-electron chi connectivity index (χ1n) is 13.5. The van der Waals surface area contributed by atoms with Crippen molar-refractivity contribution in [3.8, 4) is 17.0 Å². The van der Waals surface area contributed by atoms with Crippen LogP contribution in [0.25, 0.3) is 11.1 Å². The second-order valence-electron chi connectivity index (χ2n) is 10.4. The van der Waals surface area contributed by atoms with Crippen LogP contribution >= 0.6 is 0 Å². The Morgan fingerprint density at radius 3 is 2.66 bits per heavy atom. The average molecular weight is 572 g/mol. The summed E-state index contributed by atoms with van der Waals surface area (Å²) in [5.74, 6) is -0.965. The van der Waals surface area contributed by atoms with Gasteiger partial charge in [0.1, 0.15) is 11.9 Å². The van der Waals surface area contributed by atoms with Crippen molar-refractivity contribution in [2.75, 3.05) is 50.1 Å². The Morgan fingerprint density at radius 2 is 1.98 bits per heavy atom. The van der Waals surface area contributed by atoms with Crippen molar-refractivity contribution in [1.82, 2.24) is 14.9 Å². The van der Waals surface area contributed by atoms with Gasteiger partial charge in [-0.2, -0.15) is 0 Å². The van der Waals surface area contributed by atoms with Gasteiger partial charge in [0.2, 0.25) is 11.4 Å². The molecule has 1 atom stereocenters. The Hall–Kier alpha value is -3.90. The number of hydrogen-bond donors (Lipinski definition) is 2. The highest BCUT2D eigenvalue weighted by molar-refractivity contribution is 6.07. The third-order valence-corrected chi connectivity index (χ3v) is 7.57. The highest BCUT2D eigenvalue weighted by Crippen LogP contribution is 2.36. The molecule has 2 saturated heterocycles. The van der Waals surface area contributed by atoms with Gasteiger partial charge in [-0.1, -0.05) is 0 Å². The Morgan fingerprint density at radius 1 is 1.20 bits per heavy atom. The number of amides is 1. The number of nitrogens with zero attached hydrogens (tertiary/aromatic N) is 3. The number of aromatic nitrogens is 2. The maximum absolute atomic E-state index is 15.6. The third kappa shape index (κ3) is 6.54. The molecule has 0 aliphatic carbocycles. The minimum absolute atomic E-state index is 0.00281. The first-order valence-corrected chi connectivity index (χ1v) is 13.5. The van der Waals surface area contributed by atoms with E-state index in [4.69, 9.17) is 9.47 Å². The van der Waals surface area contributed by atoms with Gasteiger partial charge < -0.3 is 29.6 Å². The topological polar surface area (TPSA) is 99.8 Å². The van der Waals surface area contributed by atoms with E-state index in [1.807, 2.05) is 18.9 Å². The number of carbonyl (C=O) groups is 1. The molecule has 2 aromatic heterocycles. The molecule has 1 amide bonds. The van der Waals surface area contributed by atoms with Crippen LogP contribution in [-0.4, -0.2) is 72.8 Å². The quantitative estimate of drug-likeness (QED) is 0.432. The lowest BCUT2D eigenvalue weighted by Gasteiger charge is -2.39. The first kappa shape index (κ1) is 28.6. The Kier molecular flexibility index (Phi) is 8.60. The lowest BCUT2D eigenvalue weighted by molar-refractivity contribution is 0.0237. The minimum atomic E-state index is -3.03. The van der Waals surface area contributed by atoms with E-state index in [0.717, 1.165) is 19.0 Å². The lowest BCUT2D eigenvalue weighted by Crippen LogP contribution is -2.50. The van der Waals surface area contributed by atoms with Gasteiger partial charge in [0.05, 0.1) is 30.2 Å². The van der Waals surface area contributed by atoms with Crippen LogP contribution in [0.4, 0.5) is 24.5 Å². The fourth-order valence-electron chi connectivity index (χ4n) is 5.04. The number of pyridine rings is 2. The van der Waals surface area contributed by atoms with E-state index in [2.05, 4.69) is 20.2 Å². The summed E-state index contributed by atoms with van der Waals surface area (Å²) in [6.45, 7) is 5.14. The second kappa shape index (κ2) is 12.3. The van der Waals surface area contributed by atoms with Gasteiger partial charge in [-0.15, -0.1) is 0 Å². The number of rotatable bonds is 7. The van der Waals surface area contributed by atoms with Crippen LogP contribution in [-0.2, 0) is 4.74 Å². The van der Waals surface area contributed by atoms with Crippen molar-refractivity contribution in [2.24, 2.45) is 0 Å². The van der Waals surface area contributed by atoms with Gasteiger partial charge in [0, 0.05) is 79.7 Å².